The molecule has 0 heterocycles. The van der Waals surface area contributed by atoms with Crippen LogP contribution >= 0.6 is 23.2 Å². The Morgan fingerprint density at radius 2 is 1.79 bits per heavy atom. The van der Waals surface area contributed by atoms with Crippen LogP contribution in [0.4, 0.5) is 11.4 Å². The number of nitrogens with two attached hydrogens (primary N) is 1. The lowest BCUT2D eigenvalue weighted by Gasteiger charge is -2.20. The highest BCUT2D eigenvalue weighted by Crippen LogP contribution is 2.29. The molecule has 2 rings (SSSR count). The quantitative estimate of drug-likeness (QED) is 0.424. The molecule has 0 atom stereocenters. The van der Waals surface area contributed by atoms with Crippen LogP contribution in [0.5, 0.6) is 5.75 Å². The van der Waals surface area contributed by atoms with E-state index in [1.165, 1.54) is 0 Å². The summed E-state index contributed by atoms with van der Waals surface area (Å²) in [6.07, 6.45) is 0. The molecule has 0 fully saturated rings. The Bertz CT molecular complexity index is 824. The van der Waals surface area contributed by atoms with Gasteiger partial charge in [0.15, 0.2) is 5.78 Å². The van der Waals surface area contributed by atoms with Crippen LogP contribution in [0, 0.1) is 0 Å². The predicted molar refractivity (Wildman–Crippen MR) is 93.5 cm³/mol. The van der Waals surface area contributed by atoms with Crippen LogP contribution in [0.2, 0.25) is 10.0 Å². The lowest BCUT2D eigenvalue weighted by Crippen LogP contribution is -2.26. The molecular formula is C16H14Cl2N2O4. The molecule has 2 aromatic carbocycles. The zero-order valence-corrected chi connectivity index (χ0v) is 14.1. The van der Waals surface area contributed by atoms with Crippen LogP contribution < -0.4 is 10.6 Å². The number of hydrogen-bond acceptors (Lipinski definition) is 5. The first-order chi connectivity index (χ1) is 11.2. The van der Waals surface area contributed by atoms with E-state index >= 15 is 0 Å². The lowest BCUT2D eigenvalue weighted by atomic mass is 10.0. The van der Waals surface area contributed by atoms with Crippen molar-refractivity contribution in [3.05, 3.63) is 51.5 Å². The van der Waals surface area contributed by atoms with E-state index in [0.717, 1.165) is 12.1 Å². The molecule has 0 amide bonds. The van der Waals surface area contributed by atoms with Crippen molar-refractivity contribution in [2.24, 2.45) is 0 Å². The van der Waals surface area contributed by atoms with Crippen molar-refractivity contribution in [3.8, 4) is 5.75 Å². The number of Topliss-reactive ketones (excluding diaryl/α,β-unsaturated/α-hetero) is 1. The molecule has 0 bridgehead atoms. The number of likely N-dealkylation sites (N-methyl/N-ethyl adjacent to an activating group) is 1. The highest BCUT2D eigenvalue weighted by molar-refractivity contribution is 6.35. The van der Waals surface area contributed by atoms with Crippen LogP contribution in [0.25, 0.3) is 0 Å². The van der Waals surface area contributed by atoms with Crippen LogP contribution in [-0.2, 0) is 0 Å². The van der Waals surface area contributed by atoms with Crippen molar-refractivity contribution in [3.63, 3.8) is 0 Å². The number of nitrogens with zero attached hydrogens (tertiary/aromatic N) is 1. The molecule has 0 spiro atoms. The summed E-state index contributed by atoms with van der Waals surface area (Å²) >= 11 is 12.0. The first-order valence-electron chi connectivity index (χ1n) is 6.76. The van der Waals surface area contributed by atoms with Gasteiger partial charge in [-0.1, -0.05) is 23.2 Å². The van der Waals surface area contributed by atoms with Gasteiger partial charge in [-0.05, 0) is 30.3 Å². The van der Waals surface area contributed by atoms with Crippen molar-refractivity contribution in [2.75, 3.05) is 24.2 Å². The zero-order chi connectivity index (χ0) is 18.0. The van der Waals surface area contributed by atoms with Gasteiger partial charge >= 0.3 is 5.97 Å². The highest BCUT2D eigenvalue weighted by Gasteiger charge is 2.20. The van der Waals surface area contributed by atoms with E-state index in [1.54, 1.807) is 30.1 Å². The fourth-order valence-electron chi connectivity index (χ4n) is 2.21. The minimum absolute atomic E-state index is 0.0719. The minimum Gasteiger partial charge on any atom is -0.508 e. The number of halogens is 2. The van der Waals surface area contributed by atoms with Gasteiger partial charge in [-0.25, -0.2) is 4.79 Å². The van der Waals surface area contributed by atoms with Gasteiger partial charge in [0.2, 0.25) is 0 Å². The number of carbonyl (C=O) groups is 2. The number of carbonyl (C=O) groups excluding carboxylic acids is 1. The number of aromatic carboxylic acids is 1. The Morgan fingerprint density at radius 1 is 1.17 bits per heavy atom. The number of hydrogen-bond donors (Lipinski definition) is 3. The number of aromatic hydroxyl groups is 1. The zero-order valence-electron chi connectivity index (χ0n) is 12.6. The molecule has 0 aliphatic carbocycles. The van der Waals surface area contributed by atoms with Gasteiger partial charge in [0.05, 0.1) is 28.5 Å². The standard InChI is InChI=1S/C16H14Cl2N2O4/c1-20(13-4-8(17)2-3-12(13)18)7-14(22)10-5-9(21)6-11(15(10)19)16(23)24/h2-6,21H,7,19H2,1H3,(H,23,24). The third-order valence-corrected chi connectivity index (χ3v) is 3.95. The molecule has 0 saturated heterocycles. The highest BCUT2D eigenvalue weighted by atomic mass is 35.5. The van der Waals surface area contributed by atoms with E-state index < -0.39 is 11.8 Å². The maximum Gasteiger partial charge on any atom is 0.337 e. The molecule has 24 heavy (non-hydrogen) atoms. The van der Waals surface area contributed by atoms with Crippen molar-refractivity contribution >= 4 is 46.3 Å². The number of carboxylic acid groups (broad SMARTS) is 1. The summed E-state index contributed by atoms with van der Waals surface area (Å²) in [6, 6.07) is 6.95. The number of phenols is 1. The van der Waals surface area contributed by atoms with Crippen molar-refractivity contribution in [2.45, 2.75) is 0 Å². The second-order valence-corrected chi connectivity index (χ2v) is 5.98. The molecule has 126 valence electrons. The van der Waals surface area contributed by atoms with Crippen LogP contribution in [0.3, 0.4) is 0 Å². The summed E-state index contributed by atoms with van der Waals surface area (Å²) in [5.74, 6) is -2.15. The first kappa shape index (κ1) is 17.9. The Hall–Kier alpha value is -2.44. The van der Waals surface area contributed by atoms with Crippen molar-refractivity contribution < 1.29 is 19.8 Å². The second-order valence-electron chi connectivity index (χ2n) is 5.13. The van der Waals surface area contributed by atoms with Gasteiger partial charge in [0, 0.05) is 17.6 Å². The second kappa shape index (κ2) is 6.98. The van der Waals surface area contributed by atoms with E-state index in [1.807, 2.05) is 0 Å². The van der Waals surface area contributed by atoms with Gasteiger partial charge < -0.3 is 20.8 Å². The lowest BCUT2D eigenvalue weighted by molar-refractivity contribution is 0.0697. The van der Waals surface area contributed by atoms with Gasteiger partial charge in [-0.3, -0.25) is 4.79 Å². The normalized spacial score (nSPS) is 10.5. The summed E-state index contributed by atoms with van der Waals surface area (Å²) < 4.78 is 0. The Balaban J connectivity index is 2.33. The van der Waals surface area contributed by atoms with Gasteiger partial charge in [0.1, 0.15) is 5.75 Å². The molecule has 0 saturated carbocycles. The largest absolute Gasteiger partial charge is 0.508 e. The molecule has 0 aliphatic rings. The number of anilines is 2. The number of ketones is 1. The third-order valence-electron chi connectivity index (χ3n) is 3.40. The molecule has 0 aliphatic heterocycles. The Kier molecular flexibility index (Phi) is 5.21. The number of phenolic OH excluding ortho intramolecular Hbond substituents is 1. The van der Waals surface area contributed by atoms with Gasteiger partial charge in [-0.2, -0.15) is 0 Å². The molecule has 0 radical (unpaired) electrons. The maximum atomic E-state index is 12.5. The smallest absolute Gasteiger partial charge is 0.337 e. The summed E-state index contributed by atoms with van der Waals surface area (Å²) in [4.78, 5) is 25.2. The third kappa shape index (κ3) is 3.72. The topological polar surface area (TPSA) is 104 Å². The number of carboxylic acids is 1. The van der Waals surface area contributed by atoms with Gasteiger partial charge in [0.25, 0.3) is 0 Å². The summed E-state index contributed by atoms with van der Waals surface area (Å²) in [5.41, 5.74) is 5.68. The van der Waals surface area contributed by atoms with Crippen molar-refractivity contribution in [1.82, 2.24) is 0 Å². The fraction of sp³-hybridized carbons (Fsp3) is 0.125. The number of rotatable bonds is 5. The molecule has 8 heteroatoms. The predicted octanol–water partition coefficient (Wildman–Crippen LogP) is 3.30. The monoisotopic (exact) mass is 368 g/mol. The molecule has 0 aromatic heterocycles. The van der Waals surface area contributed by atoms with E-state index in [-0.39, 0.29) is 29.1 Å². The van der Waals surface area contributed by atoms with E-state index in [0.29, 0.717) is 15.7 Å². The SMILES string of the molecule is CN(CC(=O)c1cc(O)cc(C(=O)O)c1N)c1cc(Cl)ccc1Cl. The average molecular weight is 369 g/mol. The molecule has 4 N–H and O–H groups in total. The average Bonchev–Trinajstić information content (AvgIpc) is 2.51. The molecule has 2 aromatic rings. The van der Waals surface area contributed by atoms with Gasteiger partial charge in [-0.15, -0.1) is 0 Å². The minimum atomic E-state index is -1.33. The Morgan fingerprint density at radius 3 is 2.42 bits per heavy atom. The summed E-state index contributed by atoms with van der Waals surface area (Å²) in [7, 11) is 1.63. The molecule has 0 unspecified atom stereocenters. The first-order valence-corrected chi connectivity index (χ1v) is 7.51. The Labute approximate surface area is 148 Å². The molecular weight excluding hydrogens is 355 g/mol. The van der Waals surface area contributed by atoms with E-state index in [4.69, 9.17) is 34.0 Å². The number of benzene rings is 2. The molecule has 6 nitrogen and oxygen atoms in total. The van der Waals surface area contributed by atoms with Crippen LogP contribution in [-0.4, -0.2) is 35.6 Å². The number of nitrogen functional groups attached to an aromatic ring is 1. The van der Waals surface area contributed by atoms with Crippen molar-refractivity contribution in [1.29, 1.82) is 0 Å². The van der Waals surface area contributed by atoms with Crippen LogP contribution in [0.1, 0.15) is 20.7 Å². The van der Waals surface area contributed by atoms with E-state index in [2.05, 4.69) is 0 Å². The fourth-order valence-corrected chi connectivity index (χ4v) is 2.64. The summed E-state index contributed by atoms with van der Waals surface area (Å²) in [5, 5.41) is 19.6. The van der Waals surface area contributed by atoms with Crippen LogP contribution in [0.15, 0.2) is 30.3 Å². The van der Waals surface area contributed by atoms with E-state index in [9.17, 15) is 14.7 Å². The summed E-state index contributed by atoms with van der Waals surface area (Å²) in [6.45, 7) is -0.132. The maximum absolute atomic E-state index is 12.5.